The van der Waals surface area contributed by atoms with Crippen LogP contribution in [0.15, 0.2) is 48.5 Å². The average Bonchev–Trinajstić information content (AvgIpc) is 2.55. The number of rotatable bonds is 5. The molecule has 5 heteroatoms. The Balaban J connectivity index is 2.09. The molecule has 0 unspecified atom stereocenters. The number of esters is 1. The average molecular weight is 315 g/mol. The van der Waals surface area contributed by atoms with Gasteiger partial charge in [0.2, 0.25) is 0 Å². The van der Waals surface area contributed by atoms with E-state index in [1.165, 1.54) is 12.7 Å². The van der Waals surface area contributed by atoms with E-state index in [1.807, 2.05) is 18.4 Å². The smallest absolute Gasteiger partial charge is 0.337 e. The fourth-order valence-corrected chi connectivity index (χ4v) is 2.49. The number of ether oxygens (including phenoxy) is 1. The molecule has 1 amide bonds. The van der Waals surface area contributed by atoms with E-state index < -0.39 is 5.97 Å². The number of amides is 1. The van der Waals surface area contributed by atoms with Gasteiger partial charge in [-0.25, -0.2) is 4.79 Å². The number of nitrogens with one attached hydrogen (secondary N) is 1. The van der Waals surface area contributed by atoms with Crippen molar-refractivity contribution in [3.05, 3.63) is 65.2 Å². The number of carbonyl (C=O) groups excluding carboxylic acids is 2. The molecule has 0 aromatic heterocycles. The van der Waals surface area contributed by atoms with Gasteiger partial charge in [-0.3, -0.25) is 4.79 Å². The van der Waals surface area contributed by atoms with Crippen molar-refractivity contribution in [1.29, 1.82) is 0 Å². The number of anilines is 1. The highest BCUT2D eigenvalue weighted by Crippen LogP contribution is 2.15. The summed E-state index contributed by atoms with van der Waals surface area (Å²) in [5.41, 5.74) is 2.71. The number of hydrogen-bond acceptors (Lipinski definition) is 4. The standard InChI is InChI=1S/C17H17NO3S/c1-21-17(20)14-4-3-5-15(10-14)18-16(19)13-8-6-12(7-9-13)11-22-2/h3-10H,11H2,1-2H3,(H,18,19). The molecule has 0 saturated carbocycles. The summed E-state index contributed by atoms with van der Waals surface area (Å²) in [4.78, 5) is 23.7. The Labute approximate surface area is 133 Å². The Morgan fingerprint density at radius 1 is 1.09 bits per heavy atom. The first-order valence-electron chi connectivity index (χ1n) is 6.71. The summed E-state index contributed by atoms with van der Waals surface area (Å²) < 4.78 is 4.66. The first-order chi connectivity index (χ1) is 10.6. The van der Waals surface area contributed by atoms with Crippen molar-refractivity contribution in [3.8, 4) is 0 Å². The molecule has 0 atom stereocenters. The second kappa shape index (κ2) is 7.66. The Bertz CT molecular complexity index is 668. The monoisotopic (exact) mass is 315 g/mol. The molecule has 0 radical (unpaired) electrons. The SMILES string of the molecule is COC(=O)c1cccc(NC(=O)c2ccc(CSC)cc2)c1. The molecule has 0 heterocycles. The quantitative estimate of drug-likeness (QED) is 0.857. The third-order valence-electron chi connectivity index (χ3n) is 3.07. The van der Waals surface area contributed by atoms with Crippen LogP contribution in [-0.2, 0) is 10.5 Å². The van der Waals surface area contributed by atoms with Gasteiger partial charge >= 0.3 is 5.97 Å². The van der Waals surface area contributed by atoms with Gasteiger partial charge in [-0.1, -0.05) is 18.2 Å². The van der Waals surface area contributed by atoms with Gasteiger partial charge in [0.1, 0.15) is 0 Å². The molecule has 114 valence electrons. The minimum Gasteiger partial charge on any atom is -0.465 e. The summed E-state index contributed by atoms with van der Waals surface area (Å²) in [6.45, 7) is 0. The zero-order chi connectivity index (χ0) is 15.9. The van der Waals surface area contributed by atoms with Crippen molar-refractivity contribution in [1.82, 2.24) is 0 Å². The van der Waals surface area contributed by atoms with Gasteiger partial charge < -0.3 is 10.1 Å². The topological polar surface area (TPSA) is 55.4 Å². The molecule has 0 spiro atoms. The molecule has 2 aromatic carbocycles. The summed E-state index contributed by atoms with van der Waals surface area (Å²) in [5, 5.41) is 2.78. The molecule has 0 bridgehead atoms. The summed E-state index contributed by atoms with van der Waals surface area (Å²) in [5.74, 6) is 0.276. The van der Waals surface area contributed by atoms with Crippen molar-refractivity contribution < 1.29 is 14.3 Å². The molecule has 2 rings (SSSR count). The molecule has 0 aliphatic heterocycles. The first-order valence-corrected chi connectivity index (χ1v) is 8.11. The maximum atomic E-state index is 12.2. The van der Waals surface area contributed by atoms with Crippen LogP contribution >= 0.6 is 11.8 Å². The van der Waals surface area contributed by atoms with Crippen LogP contribution < -0.4 is 5.32 Å². The lowest BCUT2D eigenvalue weighted by molar-refractivity contribution is 0.0600. The van der Waals surface area contributed by atoms with Crippen LogP contribution in [0, 0.1) is 0 Å². The lowest BCUT2D eigenvalue weighted by Crippen LogP contribution is -2.12. The van der Waals surface area contributed by atoms with Crippen LogP contribution in [0.1, 0.15) is 26.3 Å². The van der Waals surface area contributed by atoms with Gasteiger partial charge in [-0.05, 0) is 42.2 Å². The number of benzene rings is 2. The molecular weight excluding hydrogens is 298 g/mol. The molecule has 4 nitrogen and oxygen atoms in total. The van der Waals surface area contributed by atoms with Gasteiger partial charge in [0, 0.05) is 17.0 Å². The number of hydrogen-bond donors (Lipinski definition) is 1. The first kappa shape index (κ1) is 16.1. The van der Waals surface area contributed by atoms with E-state index >= 15 is 0 Å². The Morgan fingerprint density at radius 3 is 2.45 bits per heavy atom. The highest BCUT2D eigenvalue weighted by atomic mass is 32.2. The van der Waals surface area contributed by atoms with E-state index in [0.29, 0.717) is 16.8 Å². The van der Waals surface area contributed by atoms with E-state index in [-0.39, 0.29) is 5.91 Å². The van der Waals surface area contributed by atoms with Gasteiger partial charge in [0.05, 0.1) is 12.7 Å². The van der Waals surface area contributed by atoms with Crippen LogP contribution in [0.25, 0.3) is 0 Å². The third-order valence-corrected chi connectivity index (χ3v) is 3.69. The van der Waals surface area contributed by atoms with E-state index in [4.69, 9.17) is 0 Å². The van der Waals surface area contributed by atoms with Gasteiger partial charge in [-0.15, -0.1) is 0 Å². The lowest BCUT2D eigenvalue weighted by Gasteiger charge is -2.07. The molecule has 0 fully saturated rings. The van der Waals surface area contributed by atoms with Gasteiger partial charge in [0.25, 0.3) is 5.91 Å². The maximum absolute atomic E-state index is 12.2. The van der Waals surface area contributed by atoms with Crippen molar-refractivity contribution in [2.45, 2.75) is 5.75 Å². The van der Waals surface area contributed by atoms with Crippen LogP contribution in [0.5, 0.6) is 0 Å². The van der Waals surface area contributed by atoms with Crippen molar-refractivity contribution in [3.63, 3.8) is 0 Å². The number of carbonyl (C=O) groups is 2. The summed E-state index contributed by atoms with van der Waals surface area (Å²) >= 11 is 1.73. The summed E-state index contributed by atoms with van der Waals surface area (Å²) in [6.07, 6.45) is 2.04. The van der Waals surface area contributed by atoms with Crippen molar-refractivity contribution in [2.75, 3.05) is 18.7 Å². The Morgan fingerprint density at radius 2 is 1.82 bits per heavy atom. The lowest BCUT2D eigenvalue weighted by atomic mass is 10.1. The van der Waals surface area contributed by atoms with Crippen molar-refractivity contribution >= 4 is 29.3 Å². The minimum absolute atomic E-state index is 0.210. The van der Waals surface area contributed by atoms with Crippen LogP contribution in [0.2, 0.25) is 0 Å². The molecule has 2 aromatic rings. The largest absolute Gasteiger partial charge is 0.465 e. The normalized spacial score (nSPS) is 10.1. The van der Waals surface area contributed by atoms with E-state index in [0.717, 1.165) is 5.75 Å². The van der Waals surface area contributed by atoms with E-state index in [2.05, 4.69) is 10.1 Å². The summed E-state index contributed by atoms with van der Waals surface area (Å²) in [7, 11) is 1.32. The molecule has 0 aliphatic rings. The highest BCUT2D eigenvalue weighted by Gasteiger charge is 2.09. The predicted octanol–water partition coefficient (Wildman–Crippen LogP) is 3.59. The predicted molar refractivity (Wildman–Crippen MR) is 89.4 cm³/mol. The molecule has 1 N–H and O–H groups in total. The Kier molecular flexibility index (Phi) is 5.61. The fraction of sp³-hybridized carbons (Fsp3) is 0.176. The number of methoxy groups -OCH3 is 1. The maximum Gasteiger partial charge on any atom is 0.337 e. The molecule has 22 heavy (non-hydrogen) atoms. The van der Waals surface area contributed by atoms with Gasteiger partial charge in [0.15, 0.2) is 0 Å². The highest BCUT2D eigenvalue weighted by molar-refractivity contribution is 7.97. The number of thioether (sulfide) groups is 1. The van der Waals surface area contributed by atoms with Gasteiger partial charge in [-0.2, -0.15) is 11.8 Å². The molecule has 0 aliphatic carbocycles. The second-order valence-corrected chi connectivity index (χ2v) is 5.52. The zero-order valence-corrected chi connectivity index (χ0v) is 13.3. The zero-order valence-electron chi connectivity index (χ0n) is 12.5. The Hall–Kier alpha value is -2.27. The summed E-state index contributed by atoms with van der Waals surface area (Å²) in [6, 6.07) is 14.1. The minimum atomic E-state index is -0.433. The van der Waals surface area contributed by atoms with Crippen molar-refractivity contribution in [2.24, 2.45) is 0 Å². The fourth-order valence-electron chi connectivity index (χ4n) is 1.96. The molecule has 0 saturated heterocycles. The third kappa shape index (κ3) is 4.11. The van der Waals surface area contributed by atoms with E-state index in [9.17, 15) is 9.59 Å². The second-order valence-electron chi connectivity index (χ2n) is 4.66. The van der Waals surface area contributed by atoms with Crippen LogP contribution in [0.4, 0.5) is 5.69 Å². The molecular formula is C17H17NO3S. The van der Waals surface area contributed by atoms with E-state index in [1.54, 1.807) is 48.2 Å². The van der Waals surface area contributed by atoms with Crippen LogP contribution in [0.3, 0.4) is 0 Å². The van der Waals surface area contributed by atoms with Crippen LogP contribution in [-0.4, -0.2) is 25.2 Å².